The second kappa shape index (κ2) is 10.0. The molecule has 0 radical (unpaired) electrons. The van der Waals surface area contributed by atoms with E-state index >= 15 is 0 Å². The molecule has 0 amide bonds. The van der Waals surface area contributed by atoms with Gasteiger partial charge in [0.15, 0.2) is 5.16 Å². The van der Waals surface area contributed by atoms with Crippen LogP contribution in [0.3, 0.4) is 0 Å². The van der Waals surface area contributed by atoms with Crippen molar-refractivity contribution in [1.29, 1.82) is 0 Å². The molecular formula is C21H20ClN5O3S. The first-order valence-corrected chi connectivity index (χ1v) is 11.1. The van der Waals surface area contributed by atoms with Gasteiger partial charge in [0.25, 0.3) is 5.56 Å². The Kier molecular flexibility index (Phi) is 6.96. The van der Waals surface area contributed by atoms with E-state index in [1.165, 1.54) is 11.8 Å². The van der Waals surface area contributed by atoms with Crippen molar-refractivity contribution in [3.63, 3.8) is 0 Å². The molecule has 1 aromatic carbocycles. The summed E-state index contributed by atoms with van der Waals surface area (Å²) >= 11 is 7.60. The molecule has 0 spiro atoms. The molecule has 3 aromatic heterocycles. The lowest BCUT2D eigenvalue weighted by molar-refractivity contribution is 0.183. The molecule has 0 saturated carbocycles. The van der Waals surface area contributed by atoms with Crippen molar-refractivity contribution in [2.75, 3.05) is 19.5 Å². The molecule has 0 aliphatic carbocycles. The molecule has 0 fully saturated rings. The topological polar surface area (TPSA) is 95.9 Å². The zero-order chi connectivity index (χ0) is 21.6. The normalized spacial score (nSPS) is 11.3. The van der Waals surface area contributed by atoms with Crippen molar-refractivity contribution in [3.05, 3.63) is 64.0 Å². The molecule has 160 valence electrons. The average Bonchev–Trinajstić information content (AvgIpc) is 3.26. The number of aryl methyl sites for hydroxylation is 1. The molecule has 31 heavy (non-hydrogen) atoms. The molecule has 0 N–H and O–H groups in total. The van der Waals surface area contributed by atoms with E-state index < -0.39 is 0 Å². The smallest absolute Gasteiger partial charge is 0.262 e. The molecule has 0 aliphatic heterocycles. The van der Waals surface area contributed by atoms with Crippen LogP contribution in [0.15, 0.2) is 57.2 Å². The highest BCUT2D eigenvalue weighted by molar-refractivity contribution is 7.99. The van der Waals surface area contributed by atoms with Crippen molar-refractivity contribution >= 4 is 34.3 Å². The van der Waals surface area contributed by atoms with Gasteiger partial charge < -0.3 is 9.26 Å². The minimum Gasteiger partial charge on any atom is -0.383 e. The van der Waals surface area contributed by atoms with Gasteiger partial charge in [-0.3, -0.25) is 14.3 Å². The highest BCUT2D eigenvalue weighted by Gasteiger charge is 2.13. The van der Waals surface area contributed by atoms with Gasteiger partial charge in [-0.25, -0.2) is 4.98 Å². The van der Waals surface area contributed by atoms with E-state index in [1.807, 2.05) is 12.1 Å². The van der Waals surface area contributed by atoms with Crippen LogP contribution in [0.1, 0.15) is 12.3 Å². The summed E-state index contributed by atoms with van der Waals surface area (Å²) in [5.74, 6) is 1.85. The zero-order valence-electron chi connectivity index (χ0n) is 16.8. The van der Waals surface area contributed by atoms with E-state index in [0.29, 0.717) is 52.4 Å². The summed E-state index contributed by atoms with van der Waals surface area (Å²) in [7, 11) is 1.61. The minimum atomic E-state index is -0.0971. The van der Waals surface area contributed by atoms with E-state index in [2.05, 4.69) is 20.1 Å². The summed E-state index contributed by atoms with van der Waals surface area (Å²) in [5, 5.41) is 5.75. The summed E-state index contributed by atoms with van der Waals surface area (Å²) in [6.07, 6.45) is 4.80. The first-order chi connectivity index (χ1) is 15.2. The standard InChI is InChI=1S/C21H20ClN5O3S/c1-29-11-10-27-20(28)16-5-4-15(22)13-17(16)24-21(27)31-12-2-3-18-25-19(26-30-18)14-6-8-23-9-7-14/h4-9,13H,2-3,10-12H2,1H3. The molecule has 10 heteroatoms. The second-order valence-electron chi connectivity index (χ2n) is 6.71. The number of hydrogen-bond acceptors (Lipinski definition) is 8. The van der Waals surface area contributed by atoms with E-state index in [1.54, 1.807) is 42.3 Å². The number of nitrogens with zero attached hydrogens (tertiary/aromatic N) is 5. The first-order valence-electron chi connectivity index (χ1n) is 9.70. The number of rotatable bonds is 9. The Morgan fingerprint density at radius 1 is 1.19 bits per heavy atom. The molecule has 0 saturated heterocycles. The van der Waals surface area contributed by atoms with Gasteiger partial charge in [-0.1, -0.05) is 28.5 Å². The van der Waals surface area contributed by atoms with Crippen LogP contribution >= 0.6 is 23.4 Å². The van der Waals surface area contributed by atoms with Crippen LogP contribution in [-0.2, 0) is 17.7 Å². The number of pyridine rings is 1. The van der Waals surface area contributed by atoms with Gasteiger partial charge in [0.2, 0.25) is 11.7 Å². The average molecular weight is 458 g/mol. The quantitative estimate of drug-likeness (QED) is 0.212. The maximum atomic E-state index is 12.9. The molecular weight excluding hydrogens is 438 g/mol. The number of aromatic nitrogens is 5. The number of halogens is 1. The Hall–Kier alpha value is -2.75. The Morgan fingerprint density at radius 2 is 2.03 bits per heavy atom. The Morgan fingerprint density at radius 3 is 2.84 bits per heavy atom. The third-order valence-corrected chi connectivity index (χ3v) is 5.87. The number of methoxy groups -OCH3 is 1. The Balaban J connectivity index is 1.45. The van der Waals surface area contributed by atoms with Gasteiger partial charge in [-0.2, -0.15) is 4.98 Å². The number of benzene rings is 1. The van der Waals surface area contributed by atoms with Gasteiger partial charge in [0, 0.05) is 42.3 Å². The predicted molar refractivity (Wildman–Crippen MR) is 119 cm³/mol. The van der Waals surface area contributed by atoms with Crippen molar-refractivity contribution < 1.29 is 9.26 Å². The second-order valence-corrected chi connectivity index (χ2v) is 8.20. The fourth-order valence-electron chi connectivity index (χ4n) is 3.03. The lowest BCUT2D eigenvalue weighted by Gasteiger charge is -2.12. The monoisotopic (exact) mass is 457 g/mol. The molecule has 4 rings (SSSR count). The summed E-state index contributed by atoms with van der Waals surface area (Å²) in [4.78, 5) is 26.0. The van der Waals surface area contributed by atoms with Crippen LogP contribution in [0.4, 0.5) is 0 Å². The predicted octanol–water partition coefficient (Wildman–Crippen LogP) is 3.87. The maximum Gasteiger partial charge on any atom is 0.262 e. The van der Waals surface area contributed by atoms with Crippen LogP contribution in [0, 0.1) is 0 Å². The maximum absolute atomic E-state index is 12.9. The van der Waals surface area contributed by atoms with Crippen molar-refractivity contribution in [2.24, 2.45) is 0 Å². The Bertz CT molecular complexity index is 1230. The van der Waals surface area contributed by atoms with Crippen LogP contribution in [0.2, 0.25) is 5.02 Å². The number of thioether (sulfide) groups is 1. The van der Waals surface area contributed by atoms with E-state index in [0.717, 1.165) is 17.7 Å². The highest BCUT2D eigenvalue weighted by Crippen LogP contribution is 2.22. The number of ether oxygens (including phenoxy) is 1. The van der Waals surface area contributed by atoms with Crippen LogP contribution in [0.5, 0.6) is 0 Å². The van der Waals surface area contributed by atoms with Crippen LogP contribution in [0.25, 0.3) is 22.3 Å². The molecule has 4 aromatic rings. The molecule has 0 unspecified atom stereocenters. The lowest BCUT2D eigenvalue weighted by atomic mass is 10.2. The molecule has 3 heterocycles. The first kappa shape index (κ1) is 21.5. The third kappa shape index (κ3) is 5.12. The largest absolute Gasteiger partial charge is 0.383 e. The van der Waals surface area contributed by atoms with E-state index in [9.17, 15) is 4.79 Å². The Labute approximate surface area is 187 Å². The van der Waals surface area contributed by atoms with Gasteiger partial charge in [-0.05, 0) is 36.8 Å². The summed E-state index contributed by atoms with van der Waals surface area (Å²) in [6, 6.07) is 8.79. The third-order valence-electron chi connectivity index (χ3n) is 4.57. The lowest BCUT2D eigenvalue weighted by Crippen LogP contribution is -2.25. The van der Waals surface area contributed by atoms with Crippen LogP contribution < -0.4 is 5.56 Å². The van der Waals surface area contributed by atoms with E-state index in [-0.39, 0.29) is 5.56 Å². The van der Waals surface area contributed by atoms with Crippen molar-refractivity contribution in [3.8, 4) is 11.4 Å². The van der Waals surface area contributed by atoms with Gasteiger partial charge in [0.05, 0.1) is 24.1 Å². The SMILES string of the molecule is COCCn1c(SCCCc2nc(-c3ccncc3)no2)nc2cc(Cl)ccc2c1=O. The molecule has 0 bridgehead atoms. The molecule has 0 atom stereocenters. The van der Waals surface area contributed by atoms with E-state index in [4.69, 9.17) is 20.9 Å². The fraction of sp³-hybridized carbons (Fsp3) is 0.286. The van der Waals surface area contributed by atoms with Gasteiger partial charge >= 0.3 is 0 Å². The fourth-order valence-corrected chi connectivity index (χ4v) is 4.16. The summed E-state index contributed by atoms with van der Waals surface area (Å²) in [5.41, 5.74) is 1.35. The van der Waals surface area contributed by atoms with Crippen molar-refractivity contribution in [1.82, 2.24) is 24.7 Å². The van der Waals surface area contributed by atoms with Crippen LogP contribution in [-0.4, -0.2) is 44.1 Å². The minimum absolute atomic E-state index is 0.0971. The molecule has 0 aliphatic rings. The number of hydrogen-bond donors (Lipinski definition) is 0. The highest BCUT2D eigenvalue weighted by atomic mass is 35.5. The van der Waals surface area contributed by atoms with Crippen molar-refractivity contribution in [2.45, 2.75) is 24.5 Å². The number of fused-ring (bicyclic) bond motifs is 1. The summed E-state index contributed by atoms with van der Waals surface area (Å²) < 4.78 is 12.2. The van der Waals surface area contributed by atoms with Gasteiger partial charge in [0.1, 0.15) is 0 Å². The summed E-state index contributed by atoms with van der Waals surface area (Å²) in [6.45, 7) is 0.857. The van der Waals surface area contributed by atoms with Gasteiger partial charge in [-0.15, -0.1) is 0 Å². The zero-order valence-corrected chi connectivity index (χ0v) is 18.4. The molecule has 8 nitrogen and oxygen atoms in total.